The first-order chi connectivity index (χ1) is 16.4. The van der Waals surface area contributed by atoms with Crippen LogP contribution in [0.1, 0.15) is 71.6 Å². The van der Waals surface area contributed by atoms with Crippen LogP contribution in [0.15, 0.2) is 24.1 Å². The van der Waals surface area contributed by atoms with Gasteiger partial charge in [0.1, 0.15) is 17.3 Å². The van der Waals surface area contributed by atoms with Crippen molar-refractivity contribution in [3.05, 3.63) is 24.1 Å². The van der Waals surface area contributed by atoms with E-state index < -0.39 is 5.54 Å². The van der Waals surface area contributed by atoms with Crippen molar-refractivity contribution in [2.24, 2.45) is 5.92 Å². The molecule has 188 valence electrons. The lowest BCUT2D eigenvalue weighted by molar-refractivity contribution is -0.152. The molecule has 2 aliphatic carbocycles. The lowest BCUT2D eigenvalue weighted by Gasteiger charge is -2.50. The van der Waals surface area contributed by atoms with E-state index >= 15 is 0 Å². The summed E-state index contributed by atoms with van der Waals surface area (Å²) < 4.78 is 5.71. The van der Waals surface area contributed by atoms with Crippen molar-refractivity contribution in [2.45, 2.75) is 101 Å². The van der Waals surface area contributed by atoms with Gasteiger partial charge < -0.3 is 24.8 Å². The molecule has 1 saturated heterocycles. The predicted octanol–water partition coefficient (Wildman–Crippen LogP) is 3.03. The third-order valence-corrected chi connectivity index (χ3v) is 9.09. The Morgan fingerprint density at radius 3 is 2.65 bits per heavy atom. The normalized spacial score (nSPS) is 35.8. The second-order valence-corrected chi connectivity index (χ2v) is 11.5. The van der Waals surface area contributed by atoms with Crippen molar-refractivity contribution in [2.75, 3.05) is 26.7 Å². The van der Waals surface area contributed by atoms with Gasteiger partial charge in [-0.15, -0.1) is 0 Å². The fourth-order valence-electron chi connectivity index (χ4n) is 6.65. The molecule has 5 aliphatic rings. The van der Waals surface area contributed by atoms with Gasteiger partial charge in [-0.3, -0.25) is 9.59 Å². The molecule has 2 amide bonds. The largest absolute Gasteiger partial charge is 0.492 e. The van der Waals surface area contributed by atoms with E-state index in [1.54, 1.807) is 6.26 Å². The van der Waals surface area contributed by atoms with Gasteiger partial charge in [-0.1, -0.05) is 26.2 Å². The Hall–Kier alpha value is -2.02. The molecule has 7 heteroatoms. The van der Waals surface area contributed by atoms with E-state index in [0.29, 0.717) is 24.8 Å². The minimum atomic E-state index is -0.907. The SMILES string of the molecule is CC1CCC(NC(=O)C2(C)CN3C(=CC4OC=CC43)C(=O)N2CCN(C)C2CCCCC2)CC1. The maximum Gasteiger partial charge on any atom is 0.270 e. The van der Waals surface area contributed by atoms with Crippen molar-refractivity contribution in [1.29, 1.82) is 0 Å². The summed E-state index contributed by atoms with van der Waals surface area (Å²) in [5.74, 6) is 0.686. The highest BCUT2D eigenvalue weighted by Crippen LogP contribution is 2.38. The molecule has 0 aromatic heterocycles. The van der Waals surface area contributed by atoms with Crippen LogP contribution in [0.2, 0.25) is 0 Å². The highest BCUT2D eigenvalue weighted by atomic mass is 16.5. The van der Waals surface area contributed by atoms with Crippen LogP contribution in [-0.4, -0.2) is 83.0 Å². The maximum atomic E-state index is 13.8. The second-order valence-electron chi connectivity index (χ2n) is 11.5. The Morgan fingerprint density at radius 1 is 1.18 bits per heavy atom. The molecule has 3 aliphatic heterocycles. The average molecular weight is 471 g/mol. The molecule has 1 N–H and O–H groups in total. The lowest BCUT2D eigenvalue weighted by atomic mass is 9.86. The lowest BCUT2D eigenvalue weighted by Crippen LogP contribution is -2.70. The standard InChI is InChI=1S/C27H42N4O3/c1-19-9-11-20(12-10-19)28-26(33)27(2)18-30-22-13-16-34-24(22)17-23(30)25(32)31(27)15-14-29(3)21-7-5-4-6-8-21/h13,16-17,19-22,24H,4-12,14-15,18H2,1-3H3,(H,28,33). The number of hydrogen-bond donors (Lipinski definition) is 1. The molecule has 7 nitrogen and oxygen atoms in total. The molecule has 34 heavy (non-hydrogen) atoms. The van der Waals surface area contributed by atoms with Gasteiger partial charge in [-0.25, -0.2) is 0 Å². The van der Waals surface area contributed by atoms with Gasteiger partial charge >= 0.3 is 0 Å². The number of rotatable bonds is 6. The number of carbonyl (C=O) groups is 2. The van der Waals surface area contributed by atoms with Crippen LogP contribution in [0, 0.1) is 5.92 Å². The molecule has 5 rings (SSSR count). The van der Waals surface area contributed by atoms with E-state index in [-0.39, 0.29) is 30.0 Å². The molecule has 3 atom stereocenters. The van der Waals surface area contributed by atoms with Crippen molar-refractivity contribution in [1.82, 2.24) is 20.0 Å². The maximum absolute atomic E-state index is 13.8. The number of hydrogen-bond acceptors (Lipinski definition) is 5. The Balaban J connectivity index is 1.34. The van der Waals surface area contributed by atoms with Crippen LogP contribution in [0.5, 0.6) is 0 Å². The van der Waals surface area contributed by atoms with Crippen LogP contribution < -0.4 is 5.32 Å². The third kappa shape index (κ3) is 4.36. The van der Waals surface area contributed by atoms with Crippen molar-refractivity contribution in [3.63, 3.8) is 0 Å². The summed E-state index contributed by atoms with van der Waals surface area (Å²) in [7, 11) is 2.18. The Bertz CT molecular complexity index is 843. The molecule has 3 fully saturated rings. The molecule has 0 aromatic carbocycles. The van der Waals surface area contributed by atoms with Crippen LogP contribution in [0.4, 0.5) is 0 Å². The third-order valence-electron chi connectivity index (χ3n) is 9.09. The summed E-state index contributed by atoms with van der Waals surface area (Å²) in [5.41, 5.74) is -0.215. The van der Waals surface area contributed by atoms with E-state index in [9.17, 15) is 9.59 Å². The van der Waals surface area contributed by atoms with Gasteiger partial charge in [-0.2, -0.15) is 0 Å². The number of nitrogens with one attached hydrogen (secondary N) is 1. The van der Waals surface area contributed by atoms with Crippen LogP contribution in [0.25, 0.3) is 0 Å². The number of amides is 2. The summed E-state index contributed by atoms with van der Waals surface area (Å²) in [6.07, 6.45) is 16.3. The highest BCUT2D eigenvalue weighted by Gasteiger charge is 2.54. The summed E-state index contributed by atoms with van der Waals surface area (Å²) in [4.78, 5) is 34.0. The molecule has 0 radical (unpaired) electrons. The van der Waals surface area contributed by atoms with Gasteiger partial charge in [0.25, 0.3) is 5.91 Å². The summed E-state index contributed by atoms with van der Waals surface area (Å²) in [5, 5.41) is 3.35. The first kappa shape index (κ1) is 23.7. The summed E-state index contributed by atoms with van der Waals surface area (Å²) in [6, 6.07) is 0.798. The molecule has 0 bridgehead atoms. The first-order valence-electron chi connectivity index (χ1n) is 13.5. The quantitative estimate of drug-likeness (QED) is 0.647. The van der Waals surface area contributed by atoms with Crippen LogP contribution in [0.3, 0.4) is 0 Å². The molecule has 3 heterocycles. The summed E-state index contributed by atoms with van der Waals surface area (Å²) in [6.45, 7) is 6.11. The van der Waals surface area contributed by atoms with Gasteiger partial charge in [-0.05, 0) is 70.6 Å². The molecule has 3 unspecified atom stereocenters. The molecular formula is C27H42N4O3. The average Bonchev–Trinajstić information content (AvgIpc) is 3.43. The Kier molecular flexibility index (Phi) is 6.66. The molecular weight excluding hydrogens is 428 g/mol. The van der Waals surface area contributed by atoms with E-state index in [1.165, 1.54) is 32.1 Å². The van der Waals surface area contributed by atoms with Gasteiger partial charge in [0.05, 0.1) is 18.8 Å². The number of ether oxygens (including phenoxy) is 1. The van der Waals surface area contributed by atoms with Crippen molar-refractivity contribution < 1.29 is 14.3 Å². The van der Waals surface area contributed by atoms with Crippen LogP contribution >= 0.6 is 0 Å². The zero-order valence-corrected chi connectivity index (χ0v) is 21.2. The number of carbonyl (C=O) groups excluding carboxylic acids is 2. The number of piperazine rings is 1. The minimum absolute atomic E-state index is 0.00803. The highest BCUT2D eigenvalue weighted by molar-refractivity contribution is 6.01. The van der Waals surface area contributed by atoms with Crippen molar-refractivity contribution in [3.8, 4) is 0 Å². The monoisotopic (exact) mass is 470 g/mol. The Labute approximate surface area is 204 Å². The topological polar surface area (TPSA) is 65.1 Å². The van der Waals surface area contributed by atoms with Gasteiger partial charge in [0, 0.05) is 25.2 Å². The fourth-order valence-corrected chi connectivity index (χ4v) is 6.65. The van der Waals surface area contributed by atoms with E-state index in [2.05, 4.69) is 29.1 Å². The van der Waals surface area contributed by atoms with Crippen LogP contribution in [-0.2, 0) is 14.3 Å². The molecule has 0 aromatic rings. The minimum Gasteiger partial charge on any atom is -0.492 e. The zero-order chi connectivity index (χ0) is 23.9. The van der Waals surface area contributed by atoms with E-state index in [1.807, 2.05) is 24.0 Å². The van der Waals surface area contributed by atoms with E-state index in [4.69, 9.17) is 4.74 Å². The van der Waals surface area contributed by atoms with Gasteiger partial charge in [0.2, 0.25) is 5.91 Å². The molecule has 0 spiro atoms. The second kappa shape index (κ2) is 9.56. The number of fused-ring (bicyclic) bond motifs is 3. The number of nitrogens with zero attached hydrogens (tertiary/aromatic N) is 3. The first-order valence-corrected chi connectivity index (χ1v) is 13.5. The van der Waals surface area contributed by atoms with Crippen molar-refractivity contribution >= 4 is 11.8 Å². The predicted molar refractivity (Wildman–Crippen MR) is 132 cm³/mol. The molecule has 2 saturated carbocycles. The summed E-state index contributed by atoms with van der Waals surface area (Å²) >= 11 is 0. The zero-order valence-electron chi connectivity index (χ0n) is 21.2. The fraction of sp³-hybridized carbons (Fsp3) is 0.778. The van der Waals surface area contributed by atoms with E-state index in [0.717, 1.165) is 38.1 Å². The smallest absolute Gasteiger partial charge is 0.270 e. The Morgan fingerprint density at radius 2 is 1.91 bits per heavy atom. The number of likely N-dealkylation sites (N-methyl/N-ethyl adjacent to an activating group) is 1. The van der Waals surface area contributed by atoms with Gasteiger partial charge in [0.15, 0.2) is 0 Å².